The summed E-state index contributed by atoms with van der Waals surface area (Å²) in [5.74, 6) is 0.294. The molecule has 0 aliphatic carbocycles. The highest BCUT2D eigenvalue weighted by molar-refractivity contribution is 9.11. The lowest BCUT2D eigenvalue weighted by Gasteiger charge is -2.35. The Morgan fingerprint density at radius 2 is 2.26 bits per heavy atom. The normalized spacial score (nSPS) is 25.7. The van der Waals surface area contributed by atoms with Crippen LogP contribution in [-0.4, -0.2) is 43.9 Å². The number of morpholine rings is 1. The second kappa shape index (κ2) is 5.99. The van der Waals surface area contributed by atoms with Gasteiger partial charge >= 0.3 is 0 Å². The van der Waals surface area contributed by atoms with E-state index in [2.05, 4.69) is 15.9 Å². The van der Waals surface area contributed by atoms with E-state index in [1.165, 1.54) is 15.6 Å². The molecular weight excluding hydrogens is 374 g/mol. The average molecular weight is 389 g/mol. The van der Waals surface area contributed by atoms with Crippen LogP contribution in [0.15, 0.2) is 14.7 Å². The van der Waals surface area contributed by atoms with Crippen molar-refractivity contribution in [3.05, 3.63) is 14.7 Å². The molecular formula is C11H15BrClNO3S2. The van der Waals surface area contributed by atoms with Gasteiger partial charge < -0.3 is 4.74 Å². The van der Waals surface area contributed by atoms with Gasteiger partial charge in [0.2, 0.25) is 10.0 Å². The Bertz CT molecular complexity index is 560. The summed E-state index contributed by atoms with van der Waals surface area (Å²) in [5.41, 5.74) is 0. The minimum Gasteiger partial charge on any atom is -0.371 e. The second-order valence-electron chi connectivity index (χ2n) is 4.52. The molecule has 2 unspecified atom stereocenters. The fraction of sp³-hybridized carbons (Fsp3) is 0.636. The predicted octanol–water partition coefficient (Wildman–Crippen LogP) is 2.84. The highest BCUT2D eigenvalue weighted by atomic mass is 79.9. The molecule has 0 bridgehead atoms. The van der Waals surface area contributed by atoms with Gasteiger partial charge in [-0.05, 0) is 35.8 Å². The maximum atomic E-state index is 12.6. The van der Waals surface area contributed by atoms with E-state index >= 15 is 0 Å². The van der Waals surface area contributed by atoms with Gasteiger partial charge in [-0.3, -0.25) is 0 Å². The SMILES string of the molecule is Cc1sc(Br)cc1S(=O)(=O)N1CC(C)OC(CCl)C1. The molecule has 0 aromatic carbocycles. The highest BCUT2D eigenvalue weighted by Gasteiger charge is 2.34. The second-order valence-corrected chi connectivity index (χ2v) is 9.37. The molecule has 4 nitrogen and oxygen atoms in total. The molecule has 8 heteroatoms. The third kappa shape index (κ3) is 3.33. The van der Waals surface area contributed by atoms with Crippen LogP contribution in [0, 0.1) is 6.92 Å². The van der Waals surface area contributed by atoms with Crippen LogP contribution in [0.5, 0.6) is 0 Å². The van der Waals surface area contributed by atoms with Crippen molar-refractivity contribution in [2.24, 2.45) is 0 Å². The summed E-state index contributed by atoms with van der Waals surface area (Å²) in [5, 5.41) is 0. The molecule has 1 aliphatic rings. The Morgan fingerprint density at radius 1 is 1.58 bits per heavy atom. The zero-order valence-corrected chi connectivity index (χ0v) is 14.6. The summed E-state index contributed by atoms with van der Waals surface area (Å²) >= 11 is 10.5. The zero-order chi connectivity index (χ0) is 14.2. The Kier molecular flexibility index (Phi) is 4.96. The maximum absolute atomic E-state index is 12.6. The van der Waals surface area contributed by atoms with Crippen molar-refractivity contribution in [2.45, 2.75) is 31.0 Å². The molecule has 0 saturated carbocycles. The van der Waals surface area contributed by atoms with Gasteiger partial charge in [-0.2, -0.15) is 4.31 Å². The Hall–Kier alpha value is 0.340. The van der Waals surface area contributed by atoms with Gasteiger partial charge in [-0.15, -0.1) is 22.9 Å². The number of thiophene rings is 1. The van der Waals surface area contributed by atoms with Crippen molar-refractivity contribution in [2.75, 3.05) is 19.0 Å². The lowest BCUT2D eigenvalue weighted by atomic mass is 10.3. The molecule has 1 fully saturated rings. The molecule has 1 aromatic rings. The number of nitrogens with zero attached hydrogens (tertiary/aromatic N) is 1. The number of halogens is 2. The van der Waals surface area contributed by atoms with Crippen molar-refractivity contribution in [1.82, 2.24) is 4.31 Å². The Morgan fingerprint density at radius 3 is 2.79 bits per heavy atom. The maximum Gasteiger partial charge on any atom is 0.244 e. The monoisotopic (exact) mass is 387 g/mol. The van der Waals surface area contributed by atoms with E-state index < -0.39 is 10.0 Å². The van der Waals surface area contributed by atoms with E-state index in [0.717, 1.165) is 8.66 Å². The van der Waals surface area contributed by atoms with E-state index in [-0.39, 0.29) is 12.2 Å². The summed E-state index contributed by atoms with van der Waals surface area (Å²) < 4.78 is 33.2. The molecule has 108 valence electrons. The number of alkyl halides is 1. The van der Waals surface area contributed by atoms with Gasteiger partial charge in [0.1, 0.15) is 0 Å². The van der Waals surface area contributed by atoms with E-state index in [1.54, 1.807) is 6.07 Å². The van der Waals surface area contributed by atoms with Gasteiger partial charge in [0.25, 0.3) is 0 Å². The van der Waals surface area contributed by atoms with E-state index in [9.17, 15) is 8.42 Å². The van der Waals surface area contributed by atoms with Crippen LogP contribution in [0.2, 0.25) is 0 Å². The first-order valence-electron chi connectivity index (χ1n) is 5.82. The lowest BCUT2D eigenvalue weighted by Crippen LogP contribution is -2.49. The van der Waals surface area contributed by atoms with Crippen molar-refractivity contribution < 1.29 is 13.2 Å². The number of aryl methyl sites for hydroxylation is 1. The summed E-state index contributed by atoms with van der Waals surface area (Å²) in [4.78, 5) is 1.15. The van der Waals surface area contributed by atoms with E-state index in [0.29, 0.717) is 23.9 Å². The first-order chi connectivity index (χ1) is 8.84. The van der Waals surface area contributed by atoms with E-state index in [1.807, 2.05) is 13.8 Å². The van der Waals surface area contributed by atoms with Crippen LogP contribution in [-0.2, 0) is 14.8 Å². The number of hydrogen-bond donors (Lipinski definition) is 0. The third-order valence-electron chi connectivity index (χ3n) is 2.92. The third-order valence-corrected chi connectivity index (χ3v) is 6.91. The number of ether oxygens (including phenoxy) is 1. The van der Waals surface area contributed by atoms with Crippen molar-refractivity contribution in [1.29, 1.82) is 0 Å². The quantitative estimate of drug-likeness (QED) is 0.748. The lowest BCUT2D eigenvalue weighted by molar-refractivity contribution is -0.0423. The molecule has 1 saturated heterocycles. The number of sulfonamides is 1. The molecule has 2 heterocycles. The molecule has 2 atom stereocenters. The fourth-order valence-electron chi connectivity index (χ4n) is 2.11. The topological polar surface area (TPSA) is 46.6 Å². The predicted molar refractivity (Wildman–Crippen MR) is 80.6 cm³/mol. The smallest absolute Gasteiger partial charge is 0.244 e. The van der Waals surface area contributed by atoms with Gasteiger partial charge in [0, 0.05) is 23.8 Å². The molecule has 0 N–H and O–H groups in total. The summed E-state index contributed by atoms with van der Waals surface area (Å²) in [6.45, 7) is 4.34. The molecule has 1 aromatic heterocycles. The fourth-order valence-corrected chi connectivity index (χ4v) is 6.21. The first-order valence-corrected chi connectivity index (χ1v) is 9.40. The van der Waals surface area contributed by atoms with Gasteiger partial charge in [-0.1, -0.05) is 0 Å². The summed E-state index contributed by atoms with van der Waals surface area (Å²) in [6.07, 6.45) is -0.391. The molecule has 0 spiro atoms. The van der Waals surface area contributed by atoms with Crippen LogP contribution >= 0.6 is 38.9 Å². The summed E-state index contributed by atoms with van der Waals surface area (Å²) in [7, 11) is -3.47. The minimum atomic E-state index is -3.47. The number of rotatable bonds is 3. The van der Waals surface area contributed by atoms with E-state index in [4.69, 9.17) is 16.3 Å². The first kappa shape index (κ1) is 15.7. The standard InChI is InChI=1S/C11H15BrClNO3S2/c1-7-5-14(6-9(4-13)17-7)19(15,16)10-3-11(12)18-8(10)2/h3,7,9H,4-6H2,1-2H3. The molecule has 0 radical (unpaired) electrons. The van der Waals surface area contributed by atoms with Crippen molar-refractivity contribution in [3.8, 4) is 0 Å². The largest absolute Gasteiger partial charge is 0.371 e. The molecule has 2 rings (SSSR count). The minimum absolute atomic E-state index is 0.144. The van der Waals surface area contributed by atoms with Crippen LogP contribution in [0.25, 0.3) is 0 Å². The Labute approximate surface area is 130 Å². The molecule has 1 aliphatic heterocycles. The van der Waals surface area contributed by atoms with Gasteiger partial charge in [0.15, 0.2) is 0 Å². The van der Waals surface area contributed by atoms with Crippen LogP contribution in [0.1, 0.15) is 11.8 Å². The Balaban J connectivity index is 2.31. The van der Waals surface area contributed by atoms with Crippen molar-refractivity contribution >= 4 is 48.9 Å². The van der Waals surface area contributed by atoms with Crippen LogP contribution in [0.4, 0.5) is 0 Å². The number of hydrogen-bond acceptors (Lipinski definition) is 4. The average Bonchev–Trinajstić information content (AvgIpc) is 2.68. The molecule has 19 heavy (non-hydrogen) atoms. The van der Waals surface area contributed by atoms with Gasteiger partial charge in [-0.25, -0.2) is 8.42 Å². The van der Waals surface area contributed by atoms with Crippen LogP contribution in [0.3, 0.4) is 0 Å². The zero-order valence-electron chi connectivity index (χ0n) is 10.6. The van der Waals surface area contributed by atoms with Crippen molar-refractivity contribution in [3.63, 3.8) is 0 Å². The van der Waals surface area contributed by atoms with Crippen LogP contribution < -0.4 is 0 Å². The summed E-state index contributed by atoms with van der Waals surface area (Å²) in [6, 6.07) is 1.66. The highest BCUT2D eigenvalue weighted by Crippen LogP contribution is 2.32. The van der Waals surface area contributed by atoms with Gasteiger partial charge in [0.05, 0.1) is 20.9 Å². The molecule has 0 amide bonds.